The molecule has 0 radical (unpaired) electrons. The maximum absolute atomic E-state index is 12.7. The molecule has 6 aromatic heterocycles. The van der Waals surface area contributed by atoms with Crippen molar-refractivity contribution >= 4 is 35.1 Å². The number of aliphatic carboxylic acids is 2. The summed E-state index contributed by atoms with van der Waals surface area (Å²) in [5.74, 6) is -2.45. The van der Waals surface area contributed by atoms with E-state index in [1.807, 2.05) is 97.1 Å². The average molecular weight is 757 g/mol. The number of quaternary nitrogens is 2. The molecule has 0 spiro atoms. The van der Waals surface area contributed by atoms with Gasteiger partial charge in [-0.2, -0.15) is 0 Å². The second kappa shape index (κ2) is 22.0. The summed E-state index contributed by atoms with van der Waals surface area (Å²) in [4.78, 5) is 70.3. The van der Waals surface area contributed by atoms with E-state index in [2.05, 4.69) is 30.8 Å². The van der Waals surface area contributed by atoms with Gasteiger partial charge in [0, 0.05) is 73.8 Å². The molecule has 6 rings (SSSR count). The van der Waals surface area contributed by atoms with Crippen LogP contribution in [0.4, 0.5) is 11.4 Å². The Morgan fingerprint density at radius 1 is 0.482 bits per heavy atom. The van der Waals surface area contributed by atoms with Gasteiger partial charge >= 0.3 is 0 Å². The number of nitrogens with zero attached hydrogens (tertiary/aromatic N) is 6. The van der Waals surface area contributed by atoms with Gasteiger partial charge in [-0.3, -0.25) is 29.5 Å². The predicted octanol–water partition coefficient (Wildman–Crippen LogP) is 0.950. The van der Waals surface area contributed by atoms with Gasteiger partial charge < -0.3 is 19.8 Å². The summed E-state index contributed by atoms with van der Waals surface area (Å²) in [5.41, 5.74) is 16.2. The fourth-order valence-electron chi connectivity index (χ4n) is 4.90. The molecule has 0 saturated carbocycles. The SMILES string of the molecule is CC(=O)[O-].CC(=O)[O-].O=C(CCCCC(=O)N[NH2+]c1cc(-c2ccccn2)nc(-c2ccccn2)c1)N[NH2+]c1cc(-c2ccccn2)nc(-c2ccccn2)c1. The summed E-state index contributed by atoms with van der Waals surface area (Å²) in [6, 6.07) is 30.0. The standard InChI is InChI=1S/C36H32N10O2.2C2H4O2/c47-35(45-43-25-21-31(27-11-3-7-17-37-27)41-32(22-25)28-12-4-8-18-38-28)15-1-2-16-36(48)46-44-26-23-33(29-13-5-9-19-39-29)42-34(24-26)30-14-6-10-20-40-30;2*1-2(3)4/h3-14,17-24H,1-2,15-16H2,(H,41,43)(H,42,44)(H,45,47)(H,46,48);2*1H3,(H,3,4). The van der Waals surface area contributed by atoms with Gasteiger partial charge in [0.25, 0.3) is 11.8 Å². The number of amides is 2. The monoisotopic (exact) mass is 756 g/mol. The zero-order chi connectivity index (χ0) is 40.1. The van der Waals surface area contributed by atoms with Crippen LogP contribution in [0.2, 0.25) is 0 Å². The molecule has 6 heterocycles. The smallest absolute Gasteiger partial charge is 0.265 e. The van der Waals surface area contributed by atoms with E-state index in [1.165, 1.54) is 0 Å². The Labute approximate surface area is 322 Å². The van der Waals surface area contributed by atoms with E-state index in [4.69, 9.17) is 29.8 Å². The summed E-state index contributed by atoms with van der Waals surface area (Å²) in [5, 5.41) is 17.8. The molecule has 0 aliphatic carbocycles. The van der Waals surface area contributed by atoms with Gasteiger partial charge in [-0.1, -0.05) is 24.3 Å². The highest BCUT2D eigenvalue weighted by Crippen LogP contribution is 2.24. The van der Waals surface area contributed by atoms with Crippen LogP contribution in [-0.2, 0) is 19.2 Å². The number of aromatic nitrogens is 6. The van der Waals surface area contributed by atoms with Crippen molar-refractivity contribution in [3.05, 3.63) is 122 Å². The van der Waals surface area contributed by atoms with Crippen molar-refractivity contribution < 1.29 is 40.2 Å². The molecule has 0 saturated heterocycles. The molecule has 16 nitrogen and oxygen atoms in total. The second-order valence-corrected chi connectivity index (χ2v) is 11.8. The third kappa shape index (κ3) is 14.6. The Morgan fingerprint density at radius 2 is 0.750 bits per heavy atom. The van der Waals surface area contributed by atoms with Crippen molar-refractivity contribution in [3.63, 3.8) is 0 Å². The molecule has 2 amide bonds. The zero-order valence-electron chi connectivity index (χ0n) is 30.7. The lowest BCUT2D eigenvalue weighted by molar-refractivity contribution is -0.620. The van der Waals surface area contributed by atoms with E-state index in [9.17, 15) is 9.59 Å². The fourth-order valence-corrected chi connectivity index (χ4v) is 4.90. The van der Waals surface area contributed by atoms with Crippen LogP contribution in [0.3, 0.4) is 0 Å². The van der Waals surface area contributed by atoms with E-state index in [0.717, 1.165) is 48.0 Å². The molecular formula is C40H40N10O6. The summed E-state index contributed by atoms with van der Waals surface area (Å²) < 4.78 is 0. The minimum absolute atomic E-state index is 0.140. The average Bonchev–Trinajstić information content (AvgIpc) is 3.21. The Bertz CT molecular complexity index is 1900. The van der Waals surface area contributed by atoms with Crippen LogP contribution < -0.4 is 31.9 Å². The van der Waals surface area contributed by atoms with E-state index in [-0.39, 0.29) is 24.7 Å². The number of rotatable bonds is 13. The number of carboxylic acid groups (broad SMARTS) is 2. The zero-order valence-corrected chi connectivity index (χ0v) is 30.7. The van der Waals surface area contributed by atoms with E-state index >= 15 is 0 Å². The number of unbranched alkanes of at least 4 members (excludes halogenated alkanes) is 1. The molecule has 0 bridgehead atoms. The van der Waals surface area contributed by atoms with Crippen LogP contribution in [0, 0.1) is 0 Å². The van der Waals surface area contributed by atoms with E-state index in [0.29, 0.717) is 35.6 Å². The highest BCUT2D eigenvalue weighted by atomic mass is 16.4. The van der Waals surface area contributed by atoms with E-state index < -0.39 is 11.9 Å². The molecule has 0 aliphatic heterocycles. The number of nitrogens with two attached hydrogens (primary N) is 2. The number of carboxylic acids is 2. The first-order valence-corrected chi connectivity index (χ1v) is 17.4. The third-order valence-electron chi connectivity index (χ3n) is 7.26. The molecule has 0 unspecified atom stereocenters. The molecule has 6 N–H and O–H groups in total. The normalized spacial score (nSPS) is 10.1. The first kappa shape index (κ1) is 41.5. The van der Waals surface area contributed by atoms with Gasteiger partial charge in [0.05, 0.1) is 45.6 Å². The number of carbonyl (C=O) groups is 4. The van der Waals surface area contributed by atoms with Crippen molar-refractivity contribution in [2.45, 2.75) is 39.5 Å². The number of pyridine rings is 6. The van der Waals surface area contributed by atoms with Crippen LogP contribution in [0.1, 0.15) is 39.5 Å². The number of nitrogens with one attached hydrogen (secondary N) is 2. The molecule has 6 aromatic rings. The van der Waals surface area contributed by atoms with Gasteiger partial charge in [0.2, 0.25) is 0 Å². The lowest BCUT2D eigenvalue weighted by Gasteiger charge is -2.09. The number of hydrogen-bond acceptors (Lipinski definition) is 12. The molecule has 0 atom stereocenters. The van der Waals surface area contributed by atoms with Crippen molar-refractivity contribution in [2.24, 2.45) is 0 Å². The molecule has 0 aromatic carbocycles. The van der Waals surface area contributed by atoms with Gasteiger partial charge in [-0.05, 0) is 75.2 Å². The predicted molar refractivity (Wildman–Crippen MR) is 201 cm³/mol. The molecule has 16 heteroatoms. The maximum atomic E-state index is 12.7. The minimum Gasteiger partial charge on any atom is -0.550 e. The van der Waals surface area contributed by atoms with Crippen molar-refractivity contribution in [2.75, 3.05) is 0 Å². The highest BCUT2D eigenvalue weighted by Gasteiger charge is 2.14. The first-order valence-electron chi connectivity index (χ1n) is 17.4. The fraction of sp³-hybridized carbons (Fsp3) is 0.150. The Kier molecular flexibility index (Phi) is 16.3. The van der Waals surface area contributed by atoms with Gasteiger partial charge in [-0.15, -0.1) is 0 Å². The lowest BCUT2D eigenvalue weighted by atomic mass is 10.1. The summed E-state index contributed by atoms with van der Waals surface area (Å²) >= 11 is 0. The van der Waals surface area contributed by atoms with Gasteiger partial charge in [0.15, 0.2) is 11.4 Å². The van der Waals surface area contributed by atoms with Crippen molar-refractivity contribution in [1.82, 2.24) is 40.8 Å². The van der Waals surface area contributed by atoms with Crippen LogP contribution in [0.15, 0.2) is 122 Å². The van der Waals surface area contributed by atoms with Crippen LogP contribution in [0.5, 0.6) is 0 Å². The maximum Gasteiger partial charge on any atom is 0.265 e. The largest absolute Gasteiger partial charge is 0.550 e. The Morgan fingerprint density at radius 3 is 0.982 bits per heavy atom. The molecule has 0 fully saturated rings. The van der Waals surface area contributed by atoms with Crippen LogP contribution in [-0.4, -0.2) is 53.7 Å². The third-order valence-corrected chi connectivity index (χ3v) is 7.26. The number of hydrogen-bond donors (Lipinski definition) is 4. The Hall–Kier alpha value is -7.30. The summed E-state index contributed by atoms with van der Waals surface area (Å²) in [7, 11) is 0. The lowest BCUT2D eigenvalue weighted by Crippen LogP contribution is -2.89. The molecule has 286 valence electrons. The van der Waals surface area contributed by atoms with Crippen LogP contribution >= 0.6 is 0 Å². The topological polar surface area (TPSA) is 249 Å². The minimum atomic E-state index is -1.08. The van der Waals surface area contributed by atoms with Gasteiger partial charge in [-0.25, -0.2) is 31.7 Å². The van der Waals surface area contributed by atoms with Crippen LogP contribution in [0.25, 0.3) is 45.6 Å². The van der Waals surface area contributed by atoms with E-state index in [1.54, 1.807) is 35.6 Å². The summed E-state index contributed by atoms with van der Waals surface area (Å²) in [6.45, 7) is 1.94. The second-order valence-electron chi connectivity index (χ2n) is 11.8. The molecule has 0 aliphatic rings. The molecule has 56 heavy (non-hydrogen) atoms. The quantitative estimate of drug-likeness (QED) is 0.0557. The summed E-state index contributed by atoms with van der Waals surface area (Å²) in [6.07, 6.45) is 8.54. The highest BCUT2D eigenvalue weighted by molar-refractivity contribution is 5.76. The Balaban J connectivity index is 0.000000795. The van der Waals surface area contributed by atoms with Crippen molar-refractivity contribution in [1.29, 1.82) is 0 Å². The van der Waals surface area contributed by atoms with Crippen molar-refractivity contribution in [3.8, 4) is 45.6 Å². The number of carbonyl (C=O) groups excluding carboxylic acids is 4. The molecular weight excluding hydrogens is 717 g/mol. The van der Waals surface area contributed by atoms with Gasteiger partial charge in [0.1, 0.15) is 0 Å². The first-order chi connectivity index (χ1) is 27.1.